The van der Waals surface area contributed by atoms with Crippen LogP contribution in [0.3, 0.4) is 0 Å². The number of rotatable bonds is 7. The van der Waals surface area contributed by atoms with Gasteiger partial charge in [-0.3, -0.25) is 4.98 Å². The summed E-state index contributed by atoms with van der Waals surface area (Å²) in [4.78, 5) is 8.44. The van der Waals surface area contributed by atoms with Crippen LogP contribution >= 0.6 is 0 Å². The summed E-state index contributed by atoms with van der Waals surface area (Å²) in [5.41, 5.74) is 2.22. The molecule has 0 amide bonds. The predicted octanol–water partition coefficient (Wildman–Crippen LogP) is 3.88. The van der Waals surface area contributed by atoms with E-state index in [1.807, 2.05) is 12.1 Å². The number of nitriles is 1. The molecule has 0 radical (unpaired) electrons. The zero-order chi connectivity index (χ0) is 20.9. The van der Waals surface area contributed by atoms with Gasteiger partial charge in [0.15, 0.2) is 0 Å². The molecule has 7 nitrogen and oxygen atoms in total. The summed E-state index contributed by atoms with van der Waals surface area (Å²) in [7, 11) is 0. The van der Waals surface area contributed by atoms with E-state index >= 15 is 0 Å². The molecule has 0 saturated carbocycles. The van der Waals surface area contributed by atoms with Crippen LogP contribution < -0.4 is 14.8 Å². The molecule has 2 aromatic heterocycles. The Kier molecular flexibility index (Phi) is 5.86. The lowest BCUT2D eigenvalue weighted by molar-refractivity contribution is -0.0497. The SMILES string of the molecule is N#Cc1cnc2ccc(OC(F)F)cc2c1NCc1ccnc(OC2CCOC2)c1. The molecular formula is C21H18F2N4O3. The topological polar surface area (TPSA) is 89.3 Å². The van der Waals surface area contributed by atoms with E-state index in [0.717, 1.165) is 12.0 Å². The number of pyridine rings is 2. The molecule has 1 aromatic carbocycles. The maximum absolute atomic E-state index is 12.6. The van der Waals surface area contributed by atoms with Crippen LogP contribution in [-0.4, -0.2) is 35.9 Å². The zero-order valence-electron chi connectivity index (χ0n) is 15.8. The van der Waals surface area contributed by atoms with Gasteiger partial charge in [0.25, 0.3) is 0 Å². The molecular weight excluding hydrogens is 394 g/mol. The number of hydrogen-bond donors (Lipinski definition) is 1. The number of fused-ring (bicyclic) bond motifs is 1. The number of nitrogens with zero attached hydrogens (tertiary/aromatic N) is 3. The highest BCUT2D eigenvalue weighted by atomic mass is 19.3. The molecule has 0 spiro atoms. The Morgan fingerprint density at radius 2 is 2.17 bits per heavy atom. The van der Waals surface area contributed by atoms with E-state index in [9.17, 15) is 14.0 Å². The van der Waals surface area contributed by atoms with Gasteiger partial charge in [-0.1, -0.05) is 0 Å². The van der Waals surface area contributed by atoms with E-state index in [-0.39, 0.29) is 11.9 Å². The van der Waals surface area contributed by atoms with Crippen molar-refractivity contribution in [3.63, 3.8) is 0 Å². The summed E-state index contributed by atoms with van der Waals surface area (Å²) in [6.45, 7) is -1.35. The lowest BCUT2D eigenvalue weighted by atomic mass is 10.1. The van der Waals surface area contributed by atoms with Crippen LogP contribution in [0, 0.1) is 11.3 Å². The van der Waals surface area contributed by atoms with Crippen molar-refractivity contribution in [2.24, 2.45) is 0 Å². The Morgan fingerprint density at radius 1 is 1.27 bits per heavy atom. The highest BCUT2D eigenvalue weighted by Crippen LogP contribution is 2.30. The van der Waals surface area contributed by atoms with Gasteiger partial charge in [-0.2, -0.15) is 14.0 Å². The summed E-state index contributed by atoms with van der Waals surface area (Å²) in [5, 5.41) is 13.2. The van der Waals surface area contributed by atoms with Gasteiger partial charge in [0.1, 0.15) is 17.9 Å². The van der Waals surface area contributed by atoms with Crippen LogP contribution in [0.2, 0.25) is 0 Å². The summed E-state index contributed by atoms with van der Waals surface area (Å²) >= 11 is 0. The van der Waals surface area contributed by atoms with E-state index in [1.165, 1.54) is 18.3 Å². The molecule has 1 aliphatic heterocycles. The largest absolute Gasteiger partial charge is 0.472 e. The average Bonchev–Trinajstić information content (AvgIpc) is 3.24. The Morgan fingerprint density at radius 3 is 2.93 bits per heavy atom. The van der Waals surface area contributed by atoms with Crippen LogP contribution in [0.15, 0.2) is 42.7 Å². The third-order valence-corrected chi connectivity index (χ3v) is 4.63. The van der Waals surface area contributed by atoms with E-state index in [0.29, 0.717) is 47.8 Å². The van der Waals surface area contributed by atoms with Gasteiger partial charge in [0.05, 0.1) is 30.0 Å². The van der Waals surface area contributed by atoms with Crippen molar-refractivity contribution >= 4 is 16.6 Å². The Bertz CT molecular complexity index is 1080. The molecule has 0 aliphatic carbocycles. The normalized spacial score (nSPS) is 15.9. The minimum absolute atomic E-state index is 0.00387. The lowest BCUT2D eigenvalue weighted by Gasteiger charge is -2.14. The van der Waals surface area contributed by atoms with Gasteiger partial charge in [-0.25, -0.2) is 4.98 Å². The van der Waals surface area contributed by atoms with Crippen molar-refractivity contribution in [1.29, 1.82) is 5.26 Å². The second-order valence-electron chi connectivity index (χ2n) is 6.68. The fraction of sp³-hybridized carbons (Fsp3) is 0.286. The van der Waals surface area contributed by atoms with Crippen LogP contribution in [0.4, 0.5) is 14.5 Å². The van der Waals surface area contributed by atoms with Crippen molar-refractivity contribution in [3.05, 3.63) is 53.9 Å². The molecule has 0 bridgehead atoms. The van der Waals surface area contributed by atoms with Crippen molar-refractivity contribution < 1.29 is 23.0 Å². The lowest BCUT2D eigenvalue weighted by Crippen LogP contribution is -2.16. The molecule has 30 heavy (non-hydrogen) atoms. The third kappa shape index (κ3) is 4.55. The number of anilines is 1. The molecule has 1 unspecified atom stereocenters. The second-order valence-corrected chi connectivity index (χ2v) is 6.68. The number of ether oxygens (including phenoxy) is 3. The molecule has 3 aromatic rings. The molecule has 154 valence electrons. The maximum atomic E-state index is 12.6. The summed E-state index contributed by atoms with van der Waals surface area (Å²) in [6, 6.07) is 10.1. The van der Waals surface area contributed by atoms with Gasteiger partial charge >= 0.3 is 6.61 Å². The zero-order valence-corrected chi connectivity index (χ0v) is 15.8. The van der Waals surface area contributed by atoms with E-state index in [4.69, 9.17) is 9.47 Å². The smallest absolute Gasteiger partial charge is 0.387 e. The predicted molar refractivity (Wildman–Crippen MR) is 105 cm³/mol. The first kappa shape index (κ1) is 19.8. The molecule has 1 aliphatic rings. The van der Waals surface area contributed by atoms with E-state index in [2.05, 4.69) is 26.1 Å². The van der Waals surface area contributed by atoms with Crippen LogP contribution in [0.25, 0.3) is 10.9 Å². The van der Waals surface area contributed by atoms with Crippen molar-refractivity contribution in [1.82, 2.24) is 9.97 Å². The number of aromatic nitrogens is 2. The number of alkyl halides is 2. The number of hydrogen-bond acceptors (Lipinski definition) is 7. The highest BCUT2D eigenvalue weighted by molar-refractivity contribution is 5.94. The van der Waals surface area contributed by atoms with Gasteiger partial charge in [-0.05, 0) is 29.8 Å². The van der Waals surface area contributed by atoms with E-state index in [1.54, 1.807) is 12.3 Å². The number of nitrogens with one attached hydrogen (secondary N) is 1. The standard InChI is InChI=1S/C21H18F2N4O3/c22-21(23)30-15-1-2-18-17(8-15)20(14(9-24)11-26-18)27-10-13-3-5-25-19(7-13)29-16-4-6-28-12-16/h1-3,5,7-8,11,16,21H,4,6,10,12H2,(H,26,27). The summed E-state index contributed by atoms with van der Waals surface area (Å²) in [5.74, 6) is 0.494. The Balaban J connectivity index is 1.57. The van der Waals surface area contributed by atoms with Gasteiger partial charge in [-0.15, -0.1) is 0 Å². The molecule has 1 N–H and O–H groups in total. The molecule has 1 atom stereocenters. The van der Waals surface area contributed by atoms with Crippen LogP contribution in [0.5, 0.6) is 11.6 Å². The minimum atomic E-state index is -2.94. The maximum Gasteiger partial charge on any atom is 0.387 e. The van der Waals surface area contributed by atoms with Crippen molar-refractivity contribution in [2.45, 2.75) is 25.7 Å². The number of halogens is 2. The fourth-order valence-corrected chi connectivity index (χ4v) is 3.21. The highest BCUT2D eigenvalue weighted by Gasteiger charge is 2.18. The van der Waals surface area contributed by atoms with Crippen molar-refractivity contribution in [3.8, 4) is 17.7 Å². The second kappa shape index (κ2) is 8.88. The fourth-order valence-electron chi connectivity index (χ4n) is 3.21. The van der Waals surface area contributed by atoms with E-state index < -0.39 is 6.61 Å². The average molecular weight is 412 g/mol. The summed E-state index contributed by atoms with van der Waals surface area (Å²) < 4.78 is 40.8. The molecule has 4 rings (SSSR count). The van der Waals surface area contributed by atoms with Gasteiger partial charge in [0.2, 0.25) is 5.88 Å². The quantitative estimate of drug-likeness (QED) is 0.630. The van der Waals surface area contributed by atoms with Gasteiger partial charge in [0, 0.05) is 36.8 Å². The molecule has 3 heterocycles. The van der Waals surface area contributed by atoms with Crippen LogP contribution in [0.1, 0.15) is 17.5 Å². The molecule has 1 saturated heterocycles. The number of benzene rings is 1. The van der Waals surface area contributed by atoms with Gasteiger partial charge < -0.3 is 19.5 Å². The Hall–Kier alpha value is -3.51. The monoisotopic (exact) mass is 412 g/mol. The van der Waals surface area contributed by atoms with Crippen LogP contribution in [-0.2, 0) is 11.3 Å². The molecule has 1 fully saturated rings. The first-order valence-corrected chi connectivity index (χ1v) is 9.33. The van der Waals surface area contributed by atoms with Crippen molar-refractivity contribution in [2.75, 3.05) is 18.5 Å². The minimum Gasteiger partial charge on any atom is -0.472 e. The Labute approximate surface area is 171 Å². The summed E-state index contributed by atoms with van der Waals surface area (Å²) in [6.07, 6.45) is 3.90. The first-order valence-electron chi connectivity index (χ1n) is 9.33. The third-order valence-electron chi connectivity index (χ3n) is 4.63. The molecule has 9 heteroatoms. The first-order chi connectivity index (χ1) is 14.6.